The van der Waals surface area contributed by atoms with E-state index in [0.717, 1.165) is 5.56 Å². The summed E-state index contributed by atoms with van der Waals surface area (Å²) in [4.78, 5) is 23.7. The van der Waals surface area contributed by atoms with E-state index >= 15 is 0 Å². The zero-order valence-corrected chi connectivity index (χ0v) is 17.8. The third-order valence-electron chi connectivity index (χ3n) is 4.99. The number of hydrogen-bond donors (Lipinski definition) is 2. The minimum Gasteiger partial charge on any atom is -0.496 e. The van der Waals surface area contributed by atoms with E-state index in [4.69, 9.17) is 13.6 Å². The first-order chi connectivity index (χ1) is 15.9. The Kier molecular flexibility index (Phi) is 5.97. The molecule has 0 bridgehead atoms. The Balaban J connectivity index is 1.59. The number of carbonyl (C=O) groups is 1. The Labute approximate surface area is 188 Å². The highest BCUT2D eigenvalue weighted by atomic mass is 16.6. The zero-order valence-electron chi connectivity index (χ0n) is 17.8. The Morgan fingerprint density at radius 3 is 2.48 bits per heavy atom. The van der Waals surface area contributed by atoms with Crippen LogP contribution >= 0.6 is 0 Å². The molecule has 0 unspecified atom stereocenters. The maximum absolute atomic E-state index is 12.8. The molecule has 4 aromatic rings. The molecule has 0 fully saturated rings. The highest BCUT2D eigenvalue weighted by Gasteiger charge is 2.20. The van der Waals surface area contributed by atoms with Gasteiger partial charge in [-0.05, 0) is 61.0 Å². The van der Waals surface area contributed by atoms with Crippen molar-refractivity contribution in [2.75, 3.05) is 12.4 Å². The van der Waals surface area contributed by atoms with Crippen molar-refractivity contribution in [1.29, 1.82) is 0 Å². The summed E-state index contributed by atoms with van der Waals surface area (Å²) in [5, 5.41) is 23.4. The number of benzene rings is 2. The van der Waals surface area contributed by atoms with E-state index in [0.29, 0.717) is 28.5 Å². The lowest BCUT2D eigenvalue weighted by Crippen LogP contribution is -2.10. The predicted octanol–water partition coefficient (Wildman–Crippen LogP) is 5.18. The van der Waals surface area contributed by atoms with Gasteiger partial charge in [-0.1, -0.05) is 6.07 Å². The van der Waals surface area contributed by atoms with Crippen LogP contribution in [-0.2, 0) is 6.61 Å². The Morgan fingerprint density at radius 2 is 1.79 bits per heavy atom. The summed E-state index contributed by atoms with van der Waals surface area (Å²) in [5.74, 6) is 1.09. The molecule has 2 aromatic carbocycles. The van der Waals surface area contributed by atoms with Crippen molar-refractivity contribution < 1.29 is 28.4 Å². The second-order valence-corrected chi connectivity index (χ2v) is 7.23. The number of nitro groups is 1. The van der Waals surface area contributed by atoms with Crippen LogP contribution in [0.4, 0.5) is 11.4 Å². The third kappa shape index (κ3) is 4.48. The van der Waals surface area contributed by atoms with E-state index < -0.39 is 10.8 Å². The van der Waals surface area contributed by atoms with Crippen molar-refractivity contribution in [2.45, 2.75) is 13.5 Å². The summed E-state index contributed by atoms with van der Waals surface area (Å²) in [6.45, 7) is 1.52. The van der Waals surface area contributed by atoms with Crippen LogP contribution in [0.15, 0.2) is 69.5 Å². The lowest BCUT2D eigenvalue weighted by atomic mass is 10.1. The van der Waals surface area contributed by atoms with E-state index in [1.807, 2.05) is 0 Å². The number of nitrogens with one attached hydrogen (secondary N) is 1. The van der Waals surface area contributed by atoms with Crippen LogP contribution in [0.2, 0.25) is 0 Å². The quantitative estimate of drug-likeness (QED) is 0.295. The van der Waals surface area contributed by atoms with Gasteiger partial charge in [-0.25, -0.2) is 0 Å². The fourth-order valence-corrected chi connectivity index (χ4v) is 3.38. The number of nitro benzene ring substituents is 1. The number of anilines is 1. The van der Waals surface area contributed by atoms with Gasteiger partial charge in [0.25, 0.3) is 11.6 Å². The highest BCUT2D eigenvalue weighted by molar-refractivity contribution is 6.03. The molecule has 168 valence electrons. The van der Waals surface area contributed by atoms with Crippen molar-refractivity contribution in [3.63, 3.8) is 0 Å². The number of aliphatic hydroxyl groups is 1. The van der Waals surface area contributed by atoms with Gasteiger partial charge in [-0.3, -0.25) is 14.9 Å². The smallest absolute Gasteiger partial charge is 0.291 e. The lowest BCUT2D eigenvalue weighted by Gasteiger charge is -2.10. The van der Waals surface area contributed by atoms with Gasteiger partial charge in [0.2, 0.25) is 0 Å². The molecular weight excluding hydrogens is 428 g/mol. The number of nitrogens with zero attached hydrogens (tertiary/aromatic N) is 1. The molecule has 0 atom stereocenters. The molecule has 1 amide bonds. The molecule has 2 aromatic heterocycles. The number of ether oxygens (including phenoxy) is 1. The van der Waals surface area contributed by atoms with E-state index in [-0.39, 0.29) is 29.4 Å². The first-order valence-corrected chi connectivity index (χ1v) is 9.94. The van der Waals surface area contributed by atoms with Gasteiger partial charge in [0.05, 0.1) is 23.2 Å². The van der Waals surface area contributed by atoms with Gasteiger partial charge in [0.15, 0.2) is 5.76 Å². The molecule has 2 N–H and O–H groups in total. The van der Waals surface area contributed by atoms with Crippen molar-refractivity contribution in [1.82, 2.24) is 0 Å². The van der Waals surface area contributed by atoms with Gasteiger partial charge < -0.3 is 24.0 Å². The third-order valence-corrected chi connectivity index (χ3v) is 4.99. The molecule has 0 saturated carbocycles. The first-order valence-electron chi connectivity index (χ1n) is 9.94. The molecule has 0 spiro atoms. The minimum atomic E-state index is -0.525. The number of furan rings is 2. The summed E-state index contributed by atoms with van der Waals surface area (Å²) in [6.07, 6.45) is 0. The largest absolute Gasteiger partial charge is 0.496 e. The van der Waals surface area contributed by atoms with Gasteiger partial charge >= 0.3 is 0 Å². The Bertz CT molecular complexity index is 1340. The van der Waals surface area contributed by atoms with E-state index in [1.165, 1.54) is 25.3 Å². The molecule has 0 aliphatic carbocycles. The molecule has 2 heterocycles. The monoisotopic (exact) mass is 448 g/mol. The summed E-state index contributed by atoms with van der Waals surface area (Å²) in [7, 11) is 1.52. The number of amides is 1. The number of aryl methyl sites for hydroxylation is 1. The Hall–Kier alpha value is -4.37. The van der Waals surface area contributed by atoms with Crippen molar-refractivity contribution >= 4 is 17.3 Å². The molecule has 33 heavy (non-hydrogen) atoms. The van der Waals surface area contributed by atoms with Crippen molar-refractivity contribution in [2.24, 2.45) is 0 Å². The molecule has 0 aliphatic heterocycles. The first kappa shape index (κ1) is 21.8. The van der Waals surface area contributed by atoms with Gasteiger partial charge in [0.1, 0.15) is 29.6 Å². The van der Waals surface area contributed by atoms with Crippen LogP contribution in [0.25, 0.3) is 22.6 Å². The van der Waals surface area contributed by atoms with Crippen LogP contribution in [0.5, 0.6) is 5.75 Å². The molecule has 9 nitrogen and oxygen atoms in total. The van der Waals surface area contributed by atoms with E-state index in [1.54, 1.807) is 49.4 Å². The zero-order chi connectivity index (χ0) is 23.5. The molecule has 4 rings (SSSR count). The Morgan fingerprint density at radius 1 is 1.03 bits per heavy atom. The van der Waals surface area contributed by atoms with Gasteiger partial charge in [0, 0.05) is 11.8 Å². The van der Waals surface area contributed by atoms with Crippen molar-refractivity contribution in [3.8, 4) is 28.4 Å². The standard InChI is InChI=1S/C24H20N2O7/c1-14-3-6-17(19(11-14)26(29)30)21-9-10-23(33-21)24(28)25-15-4-7-20(31-2)18(12-15)22-8-5-16(13-27)32-22/h3-12,27H,13H2,1-2H3,(H,25,28). The highest BCUT2D eigenvalue weighted by Crippen LogP contribution is 2.35. The second kappa shape index (κ2) is 9.01. The summed E-state index contributed by atoms with van der Waals surface area (Å²) >= 11 is 0. The second-order valence-electron chi connectivity index (χ2n) is 7.23. The SMILES string of the molecule is COc1ccc(NC(=O)c2ccc(-c3ccc(C)cc3[N+](=O)[O-])o2)cc1-c1ccc(CO)o1. The number of carbonyl (C=O) groups excluding carboxylic acids is 1. The summed E-state index contributed by atoms with van der Waals surface area (Å²) < 4.78 is 16.6. The lowest BCUT2D eigenvalue weighted by molar-refractivity contribution is -0.384. The number of hydrogen-bond acceptors (Lipinski definition) is 7. The van der Waals surface area contributed by atoms with Crippen LogP contribution in [-0.4, -0.2) is 23.0 Å². The predicted molar refractivity (Wildman–Crippen MR) is 120 cm³/mol. The van der Waals surface area contributed by atoms with Gasteiger partial charge in [-0.15, -0.1) is 0 Å². The van der Waals surface area contributed by atoms with Crippen LogP contribution < -0.4 is 10.1 Å². The molecule has 9 heteroatoms. The fraction of sp³-hybridized carbons (Fsp3) is 0.125. The number of aliphatic hydroxyl groups excluding tert-OH is 1. The maximum atomic E-state index is 12.8. The average Bonchev–Trinajstić information content (AvgIpc) is 3.49. The van der Waals surface area contributed by atoms with Crippen LogP contribution in [0.3, 0.4) is 0 Å². The maximum Gasteiger partial charge on any atom is 0.291 e. The number of methoxy groups -OCH3 is 1. The van der Waals surface area contributed by atoms with Gasteiger partial charge in [-0.2, -0.15) is 0 Å². The summed E-state index contributed by atoms with van der Waals surface area (Å²) in [5.41, 5.74) is 1.97. The molecular formula is C24H20N2O7. The van der Waals surface area contributed by atoms with E-state index in [9.17, 15) is 20.0 Å². The van der Waals surface area contributed by atoms with Crippen molar-refractivity contribution in [3.05, 3.63) is 87.9 Å². The topological polar surface area (TPSA) is 128 Å². The molecule has 0 aliphatic rings. The number of rotatable bonds is 7. The summed E-state index contributed by atoms with van der Waals surface area (Å²) in [6, 6.07) is 16.1. The van der Waals surface area contributed by atoms with Crippen LogP contribution in [0, 0.1) is 17.0 Å². The normalized spacial score (nSPS) is 10.8. The fourth-order valence-electron chi connectivity index (χ4n) is 3.38. The minimum absolute atomic E-state index is 0.00203. The van der Waals surface area contributed by atoms with E-state index in [2.05, 4.69) is 5.32 Å². The molecule has 0 radical (unpaired) electrons. The van der Waals surface area contributed by atoms with Crippen LogP contribution in [0.1, 0.15) is 21.9 Å². The molecule has 0 saturated heterocycles. The average molecular weight is 448 g/mol.